The molecule has 0 heterocycles. The van der Waals surface area contributed by atoms with Gasteiger partial charge in [-0.2, -0.15) is 0 Å². The van der Waals surface area contributed by atoms with Gasteiger partial charge in [0.05, 0.1) is 31.4 Å². The minimum absolute atomic E-state index is 0.0810. The quantitative estimate of drug-likeness (QED) is 0.712. The SMILES string of the molecule is COc1ccc(C(=O)OCc2cc(OC)c(Br)cc2OC)cc1. The van der Waals surface area contributed by atoms with Crippen LogP contribution in [0.25, 0.3) is 0 Å². The van der Waals surface area contributed by atoms with E-state index >= 15 is 0 Å². The predicted molar refractivity (Wildman–Crippen MR) is 89.4 cm³/mol. The first-order valence-electron chi connectivity index (χ1n) is 6.80. The minimum Gasteiger partial charge on any atom is -0.497 e. The maximum absolute atomic E-state index is 12.1. The van der Waals surface area contributed by atoms with Crippen molar-refractivity contribution in [3.05, 3.63) is 52.0 Å². The summed E-state index contributed by atoms with van der Waals surface area (Å²) in [7, 11) is 4.70. The van der Waals surface area contributed by atoms with Gasteiger partial charge in [-0.25, -0.2) is 4.79 Å². The van der Waals surface area contributed by atoms with Gasteiger partial charge in [0.15, 0.2) is 0 Å². The van der Waals surface area contributed by atoms with Crippen LogP contribution in [-0.4, -0.2) is 27.3 Å². The van der Waals surface area contributed by atoms with Crippen molar-refractivity contribution in [3.63, 3.8) is 0 Å². The molecule has 0 saturated carbocycles. The molecule has 0 spiro atoms. The van der Waals surface area contributed by atoms with Crippen LogP contribution < -0.4 is 14.2 Å². The zero-order chi connectivity index (χ0) is 16.8. The standard InChI is InChI=1S/C17H17BrO5/c1-20-13-6-4-11(5-7-13)17(19)23-10-12-8-16(22-3)14(18)9-15(12)21-2/h4-9H,10H2,1-3H3. The highest BCUT2D eigenvalue weighted by Gasteiger charge is 2.13. The third-order valence-corrected chi connectivity index (χ3v) is 3.86. The molecule has 0 unspecified atom stereocenters. The molecule has 0 fully saturated rings. The van der Waals surface area contributed by atoms with E-state index in [2.05, 4.69) is 15.9 Å². The summed E-state index contributed by atoms with van der Waals surface area (Å²) in [6.45, 7) is 0.0810. The van der Waals surface area contributed by atoms with E-state index in [1.54, 1.807) is 57.7 Å². The lowest BCUT2D eigenvalue weighted by Crippen LogP contribution is -2.06. The van der Waals surface area contributed by atoms with E-state index in [-0.39, 0.29) is 6.61 Å². The number of carbonyl (C=O) groups excluding carboxylic acids is 1. The van der Waals surface area contributed by atoms with Crippen LogP contribution in [0.4, 0.5) is 0 Å². The molecule has 2 rings (SSSR count). The Morgan fingerprint density at radius 3 is 2.17 bits per heavy atom. The molecule has 5 nitrogen and oxygen atoms in total. The summed E-state index contributed by atoms with van der Waals surface area (Å²) in [4.78, 5) is 12.1. The fourth-order valence-electron chi connectivity index (χ4n) is 1.99. The van der Waals surface area contributed by atoms with Gasteiger partial charge in [0, 0.05) is 5.56 Å². The molecule has 0 radical (unpaired) electrons. The van der Waals surface area contributed by atoms with E-state index in [9.17, 15) is 4.79 Å². The molecule has 2 aromatic carbocycles. The van der Waals surface area contributed by atoms with E-state index in [4.69, 9.17) is 18.9 Å². The van der Waals surface area contributed by atoms with Crippen molar-refractivity contribution in [3.8, 4) is 17.2 Å². The zero-order valence-electron chi connectivity index (χ0n) is 13.1. The Morgan fingerprint density at radius 1 is 0.957 bits per heavy atom. The molecular weight excluding hydrogens is 364 g/mol. The largest absolute Gasteiger partial charge is 0.497 e. The first kappa shape index (κ1) is 17.1. The lowest BCUT2D eigenvalue weighted by Gasteiger charge is -2.12. The van der Waals surface area contributed by atoms with Crippen LogP contribution in [0, 0.1) is 0 Å². The molecule has 0 aliphatic carbocycles. The Bertz CT molecular complexity index is 682. The smallest absolute Gasteiger partial charge is 0.338 e. The topological polar surface area (TPSA) is 54.0 Å². The number of carbonyl (C=O) groups is 1. The van der Waals surface area contributed by atoms with Gasteiger partial charge in [0.1, 0.15) is 23.9 Å². The molecule has 0 saturated heterocycles. The third kappa shape index (κ3) is 4.16. The zero-order valence-corrected chi connectivity index (χ0v) is 14.7. The van der Waals surface area contributed by atoms with Crippen molar-refractivity contribution >= 4 is 21.9 Å². The second kappa shape index (κ2) is 7.87. The monoisotopic (exact) mass is 380 g/mol. The number of esters is 1. The lowest BCUT2D eigenvalue weighted by atomic mass is 10.2. The fourth-order valence-corrected chi connectivity index (χ4v) is 2.47. The number of hydrogen-bond acceptors (Lipinski definition) is 5. The van der Waals surface area contributed by atoms with E-state index in [1.165, 1.54) is 0 Å². The van der Waals surface area contributed by atoms with Crippen LogP contribution in [0.5, 0.6) is 17.2 Å². The maximum Gasteiger partial charge on any atom is 0.338 e. The van der Waals surface area contributed by atoms with Crippen molar-refractivity contribution in [1.29, 1.82) is 0 Å². The molecule has 0 aromatic heterocycles. The van der Waals surface area contributed by atoms with Crippen molar-refractivity contribution in [2.45, 2.75) is 6.61 Å². The summed E-state index contributed by atoms with van der Waals surface area (Å²) in [5.41, 5.74) is 1.17. The molecule has 0 atom stereocenters. The van der Waals surface area contributed by atoms with Gasteiger partial charge < -0.3 is 18.9 Å². The van der Waals surface area contributed by atoms with Crippen LogP contribution in [0.1, 0.15) is 15.9 Å². The highest BCUT2D eigenvalue weighted by atomic mass is 79.9. The maximum atomic E-state index is 12.1. The van der Waals surface area contributed by atoms with Gasteiger partial charge in [0.2, 0.25) is 0 Å². The first-order chi connectivity index (χ1) is 11.1. The molecule has 23 heavy (non-hydrogen) atoms. The van der Waals surface area contributed by atoms with Crippen LogP contribution in [0.2, 0.25) is 0 Å². The van der Waals surface area contributed by atoms with Gasteiger partial charge in [-0.3, -0.25) is 0 Å². The number of ether oxygens (including phenoxy) is 4. The number of benzene rings is 2. The van der Waals surface area contributed by atoms with Crippen molar-refractivity contribution in [2.24, 2.45) is 0 Å². The Balaban J connectivity index is 2.11. The Morgan fingerprint density at radius 2 is 1.61 bits per heavy atom. The third-order valence-electron chi connectivity index (χ3n) is 3.24. The van der Waals surface area contributed by atoms with Crippen LogP contribution in [0.15, 0.2) is 40.9 Å². The molecule has 122 valence electrons. The summed E-state index contributed by atoms with van der Waals surface area (Å²) >= 11 is 3.39. The normalized spacial score (nSPS) is 10.1. The highest BCUT2D eigenvalue weighted by molar-refractivity contribution is 9.10. The molecule has 2 aromatic rings. The summed E-state index contributed by atoms with van der Waals surface area (Å²) in [5.74, 6) is 1.51. The van der Waals surface area contributed by atoms with E-state index in [1.807, 2.05) is 0 Å². The van der Waals surface area contributed by atoms with Crippen LogP contribution >= 0.6 is 15.9 Å². The van der Waals surface area contributed by atoms with Gasteiger partial charge in [-0.05, 0) is 52.3 Å². The van der Waals surface area contributed by atoms with Gasteiger partial charge in [-0.1, -0.05) is 0 Å². The molecule has 0 bridgehead atoms. The van der Waals surface area contributed by atoms with Gasteiger partial charge >= 0.3 is 5.97 Å². The Hall–Kier alpha value is -2.21. The lowest BCUT2D eigenvalue weighted by molar-refractivity contribution is 0.0470. The average Bonchev–Trinajstić information content (AvgIpc) is 2.60. The average molecular weight is 381 g/mol. The summed E-state index contributed by atoms with van der Waals surface area (Å²) < 4.78 is 21.7. The molecule has 6 heteroatoms. The summed E-state index contributed by atoms with van der Waals surface area (Å²) in [5, 5.41) is 0. The molecule has 0 aliphatic heterocycles. The van der Waals surface area contributed by atoms with Gasteiger partial charge in [-0.15, -0.1) is 0 Å². The second-order valence-corrected chi connectivity index (χ2v) is 5.46. The minimum atomic E-state index is -0.420. The van der Waals surface area contributed by atoms with E-state index < -0.39 is 5.97 Å². The number of methoxy groups -OCH3 is 3. The molecule has 0 amide bonds. The first-order valence-corrected chi connectivity index (χ1v) is 7.60. The predicted octanol–water partition coefficient (Wildman–Crippen LogP) is 3.83. The second-order valence-electron chi connectivity index (χ2n) is 4.60. The number of hydrogen-bond donors (Lipinski definition) is 0. The Labute approximate surface area is 143 Å². The molecule has 0 N–H and O–H groups in total. The van der Waals surface area contributed by atoms with Gasteiger partial charge in [0.25, 0.3) is 0 Å². The number of halogens is 1. The van der Waals surface area contributed by atoms with Crippen molar-refractivity contribution in [1.82, 2.24) is 0 Å². The van der Waals surface area contributed by atoms with Crippen LogP contribution in [0.3, 0.4) is 0 Å². The summed E-state index contributed by atoms with van der Waals surface area (Å²) in [6.07, 6.45) is 0. The van der Waals surface area contributed by atoms with Crippen LogP contribution in [-0.2, 0) is 11.3 Å². The summed E-state index contributed by atoms with van der Waals surface area (Å²) in [6, 6.07) is 10.3. The molecule has 0 aliphatic rings. The van der Waals surface area contributed by atoms with E-state index in [0.717, 1.165) is 10.0 Å². The van der Waals surface area contributed by atoms with E-state index in [0.29, 0.717) is 22.8 Å². The Kier molecular flexibility index (Phi) is 5.87. The molecular formula is C17H17BrO5. The number of rotatable bonds is 6. The fraction of sp³-hybridized carbons (Fsp3) is 0.235. The highest BCUT2D eigenvalue weighted by Crippen LogP contribution is 2.33. The van der Waals surface area contributed by atoms with Crippen molar-refractivity contribution < 1.29 is 23.7 Å². The van der Waals surface area contributed by atoms with Crippen molar-refractivity contribution in [2.75, 3.05) is 21.3 Å².